The Balaban J connectivity index is 1.90. The highest BCUT2D eigenvalue weighted by Gasteiger charge is 2.11. The Bertz CT molecular complexity index is 770. The number of aryl methyl sites for hydroxylation is 1. The second-order valence-corrected chi connectivity index (χ2v) is 5.15. The fraction of sp³-hybridized carbons (Fsp3) is 0.158. The molecule has 0 radical (unpaired) electrons. The van der Waals surface area contributed by atoms with Crippen molar-refractivity contribution >= 4 is 16.7 Å². The van der Waals surface area contributed by atoms with Crippen molar-refractivity contribution in [1.82, 2.24) is 4.98 Å². The summed E-state index contributed by atoms with van der Waals surface area (Å²) in [4.78, 5) is 16.9. The van der Waals surface area contributed by atoms with Crippen LogP contribution in [0.3, 0.4) is 0 Å². The van der Waals surface area contributed by atoms with E-state index in [0.717, 1.165) is 22.9 Å². The van der Waals surface area contributed by atoms with Crippen molar-refractivity contribution in [2.45, 2.75) is 19.8 Å². The third-order valence-corrected chi connectivity index (χ3v) is 3.73. The number of hydrogen-bond donors (Lipinski definition) is 0. The molecule has 0 fully saturated rings. The van der Waals surface area contributed by atoms with Crippen molar-refractivity contribution in [2.75, 3.05) is 0 Å². The molecule has 0 unspecified atom stereocenters. The molecule has 3 rings (SSSR count). The number of aromatic nitrogens is 1. The van der Waals surface area contributed by atoms with Gasteiger partial charge in [0.25, 0.3) is 0 Å². The molecule has 0 aliphatic heterocycles. The largest absolute Gasteiger partial charge is 0.294 e. The highest BCUT2D eigenvalue weighted by Crippen LogP contribution is 2.18. The van der Waals surface area contributed by atoms with Gasteiger partial charge >= 0.3 is 0 Å². The lowest BCUT2D eigenvalue weighted by atomic mass is 9.99. The maximum atomic E-state index is 12.5. The van der Waals surface area contributed by atoms with E-state index in [-0.39, 0.29) is 5.78 Å². The minimum absolute atomic E-state index is 0.114. The molecular formula is C19H17NO. The predicted octanol–water partition coefficient (Wildman–Crippen LogP) is 4.22. The molecule has 0 aliphatic carbocycles. The Hall–Kier alpha value is -2.48. The zero-order valence-electron chi connectivity index (χ0n) is 12.0. The van der Waals surface area contributed by atoms with Crippen LogP contribution in [0.1, 0.15) is 28.4 Å². The molecule has 0 saturated carbocycles. The molecule has 2 aromatic carbocycles. The summed E-state index contributed by atoms with van der Waals surface area (Å²) in [6.07, 6.45) is 3.16. The molecule has 2 heteroatoms. The zero-order chi connectivity index (χ0) is 14.7. The first-order valence-electron chi connectivity index (χ1n) is 7.22. The first-order chi connectivity index (χ1) is 10.3. The smallest absolute Gasteiger partial charge is 0.169 e. The molecule has 1 heterocycles. The van der Waals surface area contributed by atoms with Crippen LogP contribution in [0.15, 0.2) is 60.8 Å². The highest BCUT2D eigenvalue weighted by atomic mass is 16.1. The molecule has 2 nitrogen and oxygen atoms in total. The SMILES string of the molecule is CCc1ccc(CC(=O)c2cccc3cccnc23)cc1. The molecule has 104 valence electrons. The van der Waals surface area contributed by atoms with Gasteiger partial charge in [0.2, 0.25) is 0 Å². The number of rotatable bonds is 4. The predicted molar refractivity (Wildman–Crippen MR) is 85.6 cm³/mol. The second kappa shape index (κ2) is 5.88. The van der Waals surface area contributed by atoms with Crippen molar-refractivity contribution in [3.8, 4) is 0 Å². The van der Waals surface area contributed by atoms with Crippen molar-refractivity contribution in [3.63, 3.8) is 0 Å². The van der Waals surface area contributed by atoms with E-state index < -0.39 is 0 Å². The van der Waals surface area contributed by atoms with Crippen LogP contribution in [0, 0.1) is 0 Å². The number of carbonyl (C=O) groups is 1. The van der Waals surface area contributed by atoms with Crippen LogP contribution in [0.25, 0.3) is 10.9 Å². The molecule has 0 spiro atoms. The summed E-state index contributed by atoms with van der Waals surface area (Å²) in [5.41, 5.74) is 3.83. The Morgan fingerprint density at radius 1 is 0.952 bits per heavy atom. The van der Waals surface area contributed by atoms with E-state index in [1.165, 1.54) is 5.56 Å². The van der Waals surface area contributed by atoms with Crippen molar-refractivity contribution in [1.29, 1.82) is 0 Å². The summed E-state index contributed by atoms with van der Waals surface area (Å²) in [5, 5.41) is 1.00. The molecule has 3 aromatic rings. The molecule has 0 amide bonds. The number of para-hydroxylation sites is 1. The van der Waals surface area contributed by atoms with Crippen molar-refractivity contribution < 1.29 is 4.79 Å². The number of benzene rings is 2. The number of Topliss-reactive ketones (excluding diaryl/α,β-unsaturated/α-hetero) is 1. The summed E-state index contributed by atoms with van der Waals surface area (Å²) in [6.45, 7) is 2.13. The average Bonchev–Trinajstić information content (AvgIpc) is 2.55. The lowest BCUT2D eigenvalue weighted by Crippen LogP contribution is -2.05. The minimum Gasteiger partial charge on any atom is -0.294 e. The standard InChI is InChI=1S/C19H17NO/c1-2-14-8-10-15(11-9-14)13-18(21)17-7-3-5-16-6-4-12-20-19(16)17/h3-12H,2,13H2,1H3. The van der Waals surface area contributed by atoms with Gasteiger partial charge in [0.15, 0.2) is 5.78 Å². The third-order valence-electron chi connectivity index (χ3n) is 3.73. The van der Waals surface area contributed by atoms with Gasteiger partial charge in [0, 0.05) is 23.6 Å². The van der Waals surface area contributed by atoms with E-state index in [9.17, 15) is 4.79 Å². The van der Waals surface area contributed by atoms with Gasteiger partial charge in [0.1, 0.15) is 0 Å². The molecule has 0 N–H and O–H groups in total. The lowest BCUT2D eigenvalue weighted by molar-refractivity contribution is 0.0994. The maximum absolute atomic E-state index is 12.5. The number of fused-ring (bicyclic) bond motifs is 1. The lowest BCUT2D eigenvalue weighted by Gasteiger charge is -2.06. The van der Waals surface area contributed by atoms with Gasteiger partial charge in [-0.3, -0.25) is 9.78 Å². The second-order valence-electron chi connectivity index (χ2n) is 5.15. The summed E-state index contributed by atoms with van der Waals surface area (Å²) < 4.78 is 0. The first kappa shape index (κ1) is 13.5. The third kappa shape index (κ3) is 2.84. The van der Waals surface area contributed by atoms with Crippen LogP contribution in [-0.4, -0.2) is 10.8 Å². The van der Waals surface area contributed by atoms with Crippen molar-refractivity contribution in [3.05, 3.63) is 77.5 Å². The van der Waals surface area contributed by atoms with E-state index in [1.54, 1.807) is 6.20 Å². The molecular weight excluding hydrogens is 258 g/mol. The van der Waals surface area contributed by atoms with Gasteiger partial charge in [-0.2, -0.15) is 0 Å². The van der Waals surface area contributed by atoms with Gasteiger partial charge in [0.05, 0.1) is 5.52 Å². The van der Waals surface area contributed by atoms with Crippen LogP contribution in [-0.2, 0) is 12.8 Å². The number of pyridine rings is 1. The fourth-order valence-corrected chi connectivity index (χ4v) is 2.50. The number of hydrogen-bond acceptors (Lipinski definition) is 2. The number of ketones is 1. The molecule has 0 aliphatic rings. The molecule has 1 aromatic heterocycles. The van der Waals surface area contributed by atoms with E-state index in [2.05, 4.69) is 24.0 Å². The summed E-state index contributed by atoms with van der Waals surface area (Å²) in [7, 11) is 0. The van der Waals surface area contributed by atoms with Crippen LogP contribution >= 0.6 is 0 Å². The molecule has 21 heavy (non-hydrogen) atoms. The van der Waals surface area contributed by atoms with Crippen LogP contribution in [0.4, 0.5) is 0 Å². The van der Waals surface area contributed by atoms with Crippen molar-refractivity contribution in [2.24, 2.45) is 0 Å². The van der Waals surface area contributed by atoms with E-state index >= 15 is 0 Å². The maximum Gasteiger partial charge on any atom is 0.169 e. The van der Waals surface area contributed by atoms with E-state index in [0.29, 0.717) is 12.0 Å². The topological polar surface area (TPSA) is 30.0 Å². The van der Waals surface area contributed by atoms with Crippen LogP contribution in [0.5, 0.6) is 0 Å². The Morgan fingerprint density at radius 2 is 1.67 bits per heavy atom. The van der Waals surface area contributed by atoms with Gasteiger partial charge in [-0.25, -0.2) is 0 Å². The fourth-order valence-electron chi connectivity index (χ4n) is 2.50. The van der Waals surface area contributed by atoms with E-state index in [4.69, 9.17) is 0 Å². The molecule has 0 saturated heterocycles. The normalized spacial score (nSPS) is 10.7. The monoisotopic (exact) mass is 275 g/mol. The summed E-state index contributed by atoms with van der Waals surface area (Å²) >= 11 is 0. The van der Waals surface area contributed by atoms with Gasteiger partial charge in [-0.1, -0.05) is 49.4 Å². The number of nitrogens with zero attached hydrogens (tertiary/aromatic N) is 1. The Kier molecular flexibility index (Phi) is 3.78. The number of carbonyl (C=O) groups excluding carboxylic acids is 1. The first-order valence-corrected chi connectivity index (χ1v) is 7.22. The zero-order valence-corrected chi connectivity index (χ0v) is 12.0. The van der Waals surface area contributed by atoms with Crippen LogP contribution < -0.4 is 0 Å². The Labute approximate surface area is 124 Å². The highest BCUT2D eigenvalue weighted by molar-refractivity contribution is 6.07. The van der Waals surface area contributed by atoms with Gasteiger partial charge in [-0.15, -0.1) is 0 Å². The van der Waals surface area contributed by atoms with Gasteiger partial charge < -0.3 is 0 Å². The Morgan fingerprint density at radius 3 is 2.43 bits per heavy atom. The van der Waals surface area contributed by atoms with Gasteiger partial charge in [-0.05, 0) is 29.7 Å². The van der Waals surface area contributed by atoms with E-state index in [1.807, 2.05) is 42.5 Å². The summed E-state index contributed by atoms with van der Waals surface area (Å²) in [5.74, 6) is 0.114. The molecule has 0 bridgehead atoms. The minimum atomic E-state index is 0.114. The quantitative estimate of drug-likeness (QED) is 0.667. The molecule has 0 atom stereocenters. The summed E-state index contributed by atoms with van der Waals surface area (Å²) in [6, 6.07) is 17.9. The average molecular weight is 275 g/mol. The van der Waals surface area contributed by atoms with Crippen LogP contribution in [0.2, 0.25) is 0 Å².